The first kappa shape index (κ1) is 23.7. The number of hydrogen-bond acceptors (Lipinski definition) is 7. The Balaban J connectivity index is 1.68. The highest BCUT2D eigenvalue weighted by Gasteiger charge is 2.24. The Morgan fingerprint density at radius 2 is 1.47 bits per heavy atom. The van der Waals surface area contributed by atoms with Crippen molar-refractivity contribution in [3.05, 3.63) is 71.8 Å². The number of methoxy groups -OCH3 is 2. The Morgan fingerprint density at radius 3 is 2.18 bits per heavy atom. The van der Waals surface area contributed by atoms with Crippen molar-refractivity contribution in [1.29, 1.82) is 0 Å². The van der Waals surface area contributed by atoms with Gasteiger partial charge < -0.3 is 13.9 Å². The molecule has 34 heavy (non-hydrogen) atoms. The van der Waals surface area contributed by atoms with E-state index in [0.717, 1.165) is 0 Å². The van der Waals surface area contributed by atoms with Gasteiger partial charge >= 0.3 is 0 Å². The zero-order valence-corrected chi connectivity index (χ0v) is 20.3. The van der Waals surface area contributed by atoms with Gasteiger partial charge in [0.2, 0.25) is 5.09 Å². The molecule has 0 saturated heterocycles. The van der Waals surface area contributed by atoms with Gasteiger partial charge in [-0.2, -0.15) is 8.42 Å². The molecule has 0 bridgehead atoms. The van der Waals surface area contributed by atoms with Crippen LogP contribution in [0.5, 0.6) is 11.5 Å². The molecule has 12 heteroatoms. The second-order valence-electron chi connectivity index (χ2n) is 7.02. The van der Waals surface area contributed by atoms with Gasteiger partial charge in [-0.1, -0.05) is 29.8 Å². The second kappa shape index (κ2) is 9.09. The first-order valence-electron chi connectivity index (χ1n) is 9.69. The van der Waals surface area contributed by atoms with Crippen LogP contribution in [0.4, 0.5) is 11.4 Å². The topological polar surface area (TPSA) is 124 Å². The van der Waals surface area contributed by atoms with Gasteiger partial charge in [0.05, 0.1) is 30.5 Å². The summed E-state index contributed by atoms with van der Waals surface area (Å²) in [4.78, 5) is -0.119. The van der Waals surface area contributed by atoms with E-state index in [-0.39, 0.29) is 32.1 Å². The average Bonchev–Trinajstić information content (AvgIpc) is 3.25. The van der Waals surface area contributed by atoms with Gasteiger partial charge in [0, 0.05) is 22.5 Å². The lowest BCUT2D eigenvalue weighted by atomic mass is 10.3. The number of benzene rings is 3. The molecule has 4 aromatic rings. The summed E-state index contributed by atoms with van der Waals surface area (Å²) in [5, 5.41) is 0.460. The van der Waals surface area contributed by atoms with Gasteiger partial charge in [-0.25, -0.2) is 8.42 Å². The molecule has 1 heterocycles. The maximum Gasteiger partial charge on any atom is 0.295 e. The van der Waals surface area contributed by atoms with Crippen molar-refractivity contribution < 1.29 is 30.7 Å². The largest absolute Gasteiger partial charge is 0.493 e. The second-order valence-corrected chi connectivity index (χ2v) is 10.8. The molecule has 178 valence electrons. The predicted octanol–water partition coefficient (Wildman–Crippen LogP) is 4.71. The van der Waals surface area contributed by atoms with Crippen LogP contribution in [0.15, 0.2) is 81.1 Å². The number of ether oxygens (including phenoxy) is 2. The molecule has 3 aromatic carbocycles. The van der Waals surface area contributed by atoms with Gasteiger partial charge in [-0.3, -0.25) is 9.44 Å². The Hall–Kier alpha value is -3.41. The van der Waals surface area contributed by atoms with Gasteiger partial charge in [-0.15, -0.1) is 0 Å². The fourth-order valence-electron chi connectivity index (χ4n) is 3.16. The summed E-state index contributed by atoms with van der Waals surface area (Å²) in [6.45, 7) is 0. The van der Waals surface area contributed by atoms with E-state index in [2.05, 4.69) is 9.44 Å². The van der Waals surface area contributed by atoms with Gasteiger partial charge in [0.25, 0.3) is 20.0 Å². The molecule has 0 amide bonds. The number of sulfonamides is 2. The summed E-state index contributed by atoms with van der Waals surface area (Å²) in [6.07, 6.45) is 0. The van der Waals surface area contributed by atoms with E-state index in [1.54, 1.807) is 24.3 Å². The van der Waals surface area contributed by atoms with Crippen LogP contribution < -0.4 is 18.9 Å². The number of halogens is 1. The third kappa shape index (κ3) is 4.76. The zero-order chi connectivity index (χ0) is 24.5. The maximum atomic E-state index is 13.0. The van der Waals surface area contributed by atoms with Crippen molar-refractivity contribution in [1.82, 2.24) is 0 Å². The monoisotopic (exact) mass is 522 g/mol. The predicted molar refractivity (Wildman–Crippen MR) is 129 cm³/mol. The minimum absolute atomic E-state index is 0.0427. The fourth-order valence-corrected chi connectivity index (χ4v) is 5.47. The van der Waals surface area contributed by atoms with E-state index < -0.39 is 20.0 Å². The van der Waals surface area contributed by atoms with Gasteiger partial charge in [-0.05, 0) is 36.4 Å². The summed E-state index contributed by atoms with van der Waals surface area (Å²) >= 11 is 6.05. The summed E-state index contributed by atoms with van der Waals surface area (Å²) in [7, 11) is -5.53. The van der Waals surface area contributed by atoms with Crippen LogP contribution in [0.2, 0.25) is 5.02 Å². The average molecular weight is 523 g/mol. The molecule has 0 atom stereocenters. The van der Waals surface area contributed by atoms with Crippen molar-refractivity contribution in [2.75, 3.05) is 23.7 Å². The molecule has 0 unspecified atom stereocenters. The fraction of sp³-hybridized carbons (Fsp3) is 0.0909. The Morgan fingerprint density at radius 1 is 0.765 bits per heavy atom. The number of furan rings is 1. The van der Waals surface area contributed by atoms with E-state index in [1.807, 2.05) is 0 Å². The lowest BCUT2D eigenvalue weighted by Crippen LogP contribution is -2.17. The van der Waals surface area contributed by atoms with Crippen LogP contribution in [0.1, 0.15) is 0 Å². The van der Waals surface area contributed by atoms with Crippen LogP contribution in [-0.4, -0.2) is 31.1 Å². The number of hydrogen-bond donors (Lipinski definition) is 2. The molecular formula is C22H19ClN2O7S2. The number of fused-ring (bicyclic) bond motifs is 1. The summed E-state index contributed by atoms with van der Waals surface area (Å²) in [5.41, 5.74) is 0.263. The van der Waals surface area contributed by atoms with Crippen molar-refractivity contribution in [3.63, 3.8) is 0 Å². The molecule has 0 saturated carbocycles. The van der Waals surface area contributed by atoms with E-state index in [4.69, 9.17) is 25.5 Å². The van der Waals surface area contributed by atoms with E-state index in [9.17, 15) is 16.8 Å². The van der Waals surface area contributed by atoms with E-state index >= 15 is 0 Å². The third-order valence-corrected chi connectivity index (χ3v) is 7.62. The number of para-hydroxylation sites is 1. The molecule has 0 aliphatic rings. The van der Waals surface area contributed by atoms with Crippen molar-refractivity contribution >= 4 is 54.0 Å². The Labute approximate surface area is 201 Å². The maximum absolute atomic E-state index is 13.0. The smallest absolute Gasteiger partial charge is 0.295 e. The molecule has 1 aromatic heterocycles. The minimum atomic E-state index is -4.20. The van der Waals surface area contributed by atoms with E-state index in [0.29, 0.717) is 16.7 Å². The number of anilines is 2. The molecule has 2 N–H and O–H groups in total. The van der Waals surface area contributed by atoms with Crippen molar-refractivity contribution in [2.24, 2.45) is 0 Å². The first-order chi connectivity index (χ1) is 16.1. The lowest BCUT2D eigenvalue weighted by molar-refractivity contribution is 0.354. The van der Waals surface area contributed by atoms with Crippen LogP contribution in [0.3, 0.4) is 0 Å². The van der Waals surface area contributed by atoms with E-state index in [1.165, 1.54) is 56.7 Å². The summed E-state index contributed by atoms with van der Waals surface area (Å²) < 4.78 is 72.4. The SMILES string of the molecule is COc1ccc(S(=O)(=O)Nc2ccc(Cl)cc2NS(=O)(=O)c2cc3ccccc3o2)cc1OC. The molecule has 0 aliphatic carbocycles. The van der Waals surface area contributed by atoms with Crippen LogP contribution in [0.25, 0.3) is 11.0 Å². The number of rotatable bonds is 8. The van der Waals surface area contributed by atoms with Gasteiger partial charge in [0.15, 0.2) is 11.5 Å². The minimum Gasteiger partial charge on any atom is -0.493 e. The highest BCUT2D eigenvalue weighted by molar-refractivity contribution is 7.93. The zero-order valence-electron chi connectivity index (χ0n) is 17.9. The van der Waals surface area contributed by atoms with Crippen molar-refractivity contribution in [2.45, 2.75) is 9.99 Å². The molecular weight excluding hydrogens is 504 g/mol. The number of nitrogens with one attached hydrogen (secondary N) is 2. The quantitative estimate of drug-likeness (QED) is 0.343. The summed E-state index contributed by atoms with van der Waals surface area (Å²) in [5.74, 6) is 0.569. The molecule has 0 aliphatic heterocycles. The first-order valence-corrected chi connectivity index (χ1v) is 13.0. The Kier molecular flexibility index (Phi) is 6.34. The standard InChI is InChI=1S/C22H19ClN2O7S2/c1-30-20-10-8-16(13-21(20)31-2)33(26,27)24-17-9-7-15(23)12-18(17)25-34(28,29)22-11-14-5-3-4-6-19(14)32-22/h3-13,24-25H,1-2H3. The molecule has 4 rings (SSSR count). The Bertz CT molecular complexity index is 1550. The molecule has 0 fully saturated rings. The van der Waals surface area contributed by atoms with Crippen LogP contribution >= 0.6 is 11.6 Å². The molecule has 0 radical (unpaired) electrons. The highest BCUT2D eigenvalue weighted by atomic mass is 35.5. The summed E-state index contributed by atoms with van der Waals surface area (Å²) in [6, 6.07) is 16.3. The molecule has 0 spiro atoms. The highest BCUT2D eigenvalue weighted by Crippen LogP contribution is 2.33. The van der Waals surface area contributed by atoms with Crippen LogP contribution in [-0.2, 0) is 20.0 Å². The normalized spacial score (nSPS) is 11.9. The third-order valence-electron chi connectivity index (χ3n) is 4.80. The van der Waals surface area contributed by atoms with Crippen molar-refractivity contribution in [3.8, 4) is 11.5 Å². The van der Waals surface area contributed by atoms with Crippen LogP contribution in [0, 0.1) is 0 Å². The van der Waals surface area contributed by atoms with Gasteiger partial charge in [0.1, 0.15) is 5.58 Å². The molecule has 9 nitrogen and oxygen atoms in total. The lowest BCUT2D eigenvalue weighted by Gasteiger charge is -2.15.